The highest BCUT2D eigenvalue weighted by Gasteiger charge is 2.49. The highest BCUT2D eigenvalue weighted by atomic mass is 19.3. The summed E-state index contributed by atoms with van der Waals surface area (Å²) in [4.78, 5) is 17.8. The molecule has 1 aromatic rings. The van der Waals surface area contributed by atoms with E-state index in [1.165, 1.54) is 0 Å². The molecular formula is C10H9F3N2O3. The summed E-state index contributed by atoms with van der Waals surface area (Å²) in [5.41, 5.74) is -1.77. The standard InChI is InChI=1S/C10H9F3N2O3/c1-10(5(11)7(12)13)6-4(3-18-10)2-14-8(15-6)9(16)17/h2,5,7H,3H2,1H3,(H,16,17). The molecule has 0 spiro atoms. The molecule has 0 radical (unpaired) electrons. The second-order valence-corrected chi connectivity index (χ2v) is 4.00. The van der Waals surface area contributed by atoms with Crippen LogP contribution in [0.3, 0.4) is 0 Å². The summed E-state index contributed by atoms with van der Waals surface area (Å²) >= 11 is 0. The van der Waals surface area contributed by atoms with Crippen LogP contribution in [0.25, 0.3) is 0 Å². The summed E-state index contributed by atoms with van der Waals surface area (Å²) in [7, 11) is 0. The van der Waals surface area contributed by atoms with Gasteiger partial charge in [-0.15, -0.1) is 0 Å². The van der Waals surface area contributed by atoms with Crippen LogP contribution in [0.5, 0.6) is 0 Å². The molecule has 1 aliphatic rings. The molecular weight excluding hydrogens is 253 g/mol. The summed E-state index contributed by atoms with van der Waals surface area (Å²) < 4.78 is 43.5. The van der Waals surface area contributed by atoms with Crippen molar-refractivity contribution in [2.45, 2.75) is 31.7 Å². The van der Waals surface area contributed by atoms with Crippen LogP contribution >= 0.6 is 0 Å². The fourth-order valence-corrected chi connectivity index (χ4v) is 1.79. The Labute approximate surface area is 99.6 Å². The Hall–Kier alpha value is -1.70. The van der Waals surface area contributed by atoms with Gasteiger partial charge in [-0.2, -0.15) is 0 Å². The Bertz CT molecular complexity index is 497. The molecule has 1 N–H and O–H groups in total. The summed E-state index contributed by atoms with van der Waals surface area (Å²) in [5.74, 6) is -1.99. The third-order valence-electron chi connectivity index (χ3n) is 2.80. The lowest BCUT2D eigenvalue weighted by atomic mass is 9.95. The number of carboxylic acids is 1. The number of hydrogen-bond donors (Lipinski definition) is 1. The Kier molecular flexibility index (Phi) is 2.97. The molecule has 2 heterocycles. The van der Waals surface area contributed by atoms with Crippen LogP contribution in [0, 0.1) is 0 Å². The molecule has 1 aliphatic heterocycles. The maximum atomic E-state index is 13.5. The van der Waals surface area contributed by atoms with Gasteiger partial charge in [-0.1, -0.05) is 0 Å². The molecule has 2 atom stereocenters. The summed E-state index contributed by atoms with van der Waals surface area (Å²) in [6.45, 7) is 0.993. The number of ether oxygens (including phenoxy) is 1. The second kappa shape index (κ2) is 4.20. The van der Waals surface area contributed by atoms with Crippen LogP contribution in [-0.4, -0.2) is 33.6 Å². The van der Waals surface area contributed by atoms with E-state index in [1.54, 1.807) is 0 Å². The van der Waals surface area contributed by atoms with Gasteiger partial charge in [-0.3, -0.25) is 0 Å². The molecule has 98 valence electrons. The van der Waals surface area contributed by atoms with Crippen molar-refractivity contribution in [2.75, 3.05) is 0 Å². The van der Waals surface area contributed by atoms with Gasteiger partial charge in [0.25, 0.3) is 6.43 Å². The van der Waals surface area contributed by atoms with Gasteiger partial charge in [0, 0.05) is 11.8 Å². The minimum absolute atomic E-state index is 0.126. The van der Waals surface area contributed by atoms with E-state index in [9.17, 15) is 18.0 Å². The summed E-state index contributed by atoms with van der Waals surface area (Å²) in [6.07, 6.45) is -4.69. The van der Waals surface area contributed by atoms with E-state index in [-0.39, 0.29) is 12.3 Å². The fraction of sp³-hybridized carbons (Fsp3) is 0.500. The lowest BCUT2D eigenvalue weighted by Crippen LogP contribution is -2.39. The monoisotopic (exact) mass is 262 g/mol. The second-order valence-electron chi connectivity index (χ2n) is 4.00. The third kappa shape index (κ3) is 1.82. The number of aromatic nitrogens is 2. The van der Waals surface area contributed by atoms with Crippen molar-refractivity contribution in [1.82, 2.24) is 9.97 Å². The normalized spacial score (nSPS) is 24.1. The molecule has 0 amide bonds. The smallest absolute Gasteiger partial charge is 0.373 e. The van der Waals surface area contributed by atoms with E-state index < -0.39 is 30.0 Å². The minimum Gasteiger partial charge on any atom is -0.475 e. The van der Waals surface area contributed by atoms with Crippen molar-refractivity contribution in [2.24, 2.45) is 0 Å². The molecule has 0 saturated heterocycles. The Morgan fingerprint density at radius 3 is 2.78 bits per heavy atom. The molecule has 2 rings (SSSR count). The molecule has 18 heavy (non-hydrogen) atoms. The molecule has 0 fully saturated rings. The maximum absolute atomic E-state index is 13.5. The van der Waals surface area contributed by atoms with Crippen molar-refractivity contribution >= 4 is 5.97 Å². The number of nitrogens with zero attached hydrogens (tertiary/aromatic N) is 2. The maximum Gasteiger partial charge on any atom is 0.373 e. The van der Waals surface area contributed by atoms with Gasteiger partial charge in [0.2, 0.25) is 5.82 Å². The van der Waals surface area contributed by atoms with E-state index in [0.29, 0.717) is 5.56 Å². The quantitative estimate of drug-likeness (QED) is 0.894. The third-order valence-corrected chi connectivity index (χ3v) is 2.80. The fourth-order valence-electron chi connectivity index (χ4n) is 1.79. The largest absolute Gasteiger partial charge is 0.475 e. The number of carboxylic acid groups (broad SMARTS) is 1. The molecule has 0 saturated carbocycles. The molecule has 5 nitrogen and oxygen atoms in total. The predicted octanol–water partition coefficient (Wildman–Crippen LogP) is 1.52. The number of rotatable bonds is 3. The van der Waals surface area contributed by atoms with Crippen molar-refractivity contribution in [3.63, 3.8) is 0 Å². The Balaban J connectivity index is 2.48. The van der Waals surface area contributed by atoms with Crippen LogP contribution < -0.4 is 0 Å². The lowest BCUT2D eigenvalue weighted by molar-refractivity contribution is -0.127. The average Bonchev–Trinajstić information content (AvgIpc) is 2.66. The zero-order valence-electron chi connectivity index (χ0n) is 9.23. The van der Waals surface area contributed by atoms with Crippen molar-refractivity contribution in [3.8, 4) is 0 Å². The molecule has 0 aromatic carbocycles. The van der Waals surface area contributed by atoms with Gasteiger partial charge in [0.15, 0.2) is 6.17 Å². The predicted molar refractivity (Wildman–Crippen MR) is 52.0 cm³/mol. The van der Waals surface area contributed by atoms with Crippen molar-refractivity contribution in [3.05, 3.63) is 23.3 Å². The summed E-state index contributed by atoms with van der Waals surface area (Å²) in [5, 5.41) is 8.73. The zero-order valence-corrected chi connectivity index (χ0v) is 9.23. The van der Waals surface area contributed by atoms with Crippen LogP contribution in [0.1, 0.15) is 28.8 Å². The molecule has 8 heteroatoms. The molecule has 2 unspecified atom stereocenters. The Morgan fingerprint density at radius 2 is 2.22 bits per heavy atom. The van der Waals surface area contributed by atoms with E-state index >= 15 is 0 Å². The van der Waals surface area contributed by atoms with Gasteiger partial charge in [0.05, 0.1) is 12.3 Å². The van der Waals surface area contributed by atoms with Crippen LogP contribution in [0.4, 0.5) is 13.2 Å². The van der Waals surface area contributed by atoms with E-state index in [4.69, 9.17) is 9.84 Å². The topological polar surface area (TPSA) is 72.3 Å². The van der Waals surface area contributed by atoms with Gasteiger partial charge in [0.1, 0.15) is 5.60 Å². The van der Waals surface area contributed by atoms with Crippen LogP contribution in [-0.2, 0) is 16.9 Å². The van der Waals surface area contributed by atoms with Crippen LogP contribution in [0.2, 0.25) is 0 Å². The number of carbonyl (C=O) groups is 1. The number of hydrogen-bond acceptors (Lipinski definition) is 4. The number of halogens is 3. The minimum atomic E-state index is -3.25. The van der Waals surface area contributed by atoms with E-state index in [2.05, 4.69) is 9.97 Å². The first kappa shape index (κ1) is 12.7. The SMILES string of the molecule is CC1(C(F)C(F)F)OCc2cnc(C(=O)O)nc21. The van der Waals surface area contributed by atoms with E-state index in [0.717, 1.165) is 13.1 Å². The average molecular weight is 262 g/mol. The van der Waals surface area contributed by atoms with Crippen LogP contribution in [0.15, 0.2) is 6.20 Å². The zero-order chi connectivity index (χ0) is 13.5. The Morgan fingerprint density at radius 1 is 1.56 bits per heavy atom. The molecule has 0 bridgehead atoms. The summed E-state index contributed by atoms with van der Waals surface area (Å²) in [6, 6.07) is 0. The number of aromatic carboxylic acids is 1. The van der Waals surface area contributed by atoms with Gasteiger partial charge in [-0.25, -0.2) is 27.9 Å². The van der Waals surface area contributed by atoms with E-state index in [1.807, 2.05) is 0 Å². The van der Waals surface area contributed by atoms with Crippen molar-refractivity contribution < 1.29 is 27.8 Å². The van der Waals surface area contributed by atoms with Gasteiger partial charge in [-0.05, 0) is 6.92 Å². The lowest BCUT2D eigenvalue weighted by Gasteiger charge is -2.27. The first-order chi connectivity index (χ1) is 8.36. The number of fused-ring (bicyclic) bond motifs is 1. The van der Waals surface area contributed by atoms with Gasteiger partial charge >= 0.3 is 5.97 Å². The highest BCUT2D eigenvalue weighted by molar-refractivity contribution is 5.83. The van der Waals surface area contributed by atoms with Gasteiger partial charge < -0.3 is 9.84 Å². The van der Waals surface area contributed by atoms with Crippen molar-refractivity contribution in [1.29, 1.82) is 0 Å². The molecule has 0 aliphatic carbocycles. The highest BCUT2D eigenvalue weighted by Crippen LogP contribution is 2.40. The first-order valence-corrected chi connectivity index (χ1v) is 5.02. The number of alkyl halides is 3. The molecule has 1 aromatic heterocycles. The first-order valence-electron chi connectivity index (χ1n) is 5.02.